The van der Waals surface area contributed by atoms with Gasteiger partial charge in [-0.2, -0.15) is 0 Å². The summed E-state index contributed by atoms with van der Waals surface area (Å²) in [6.07, 6.45) is 6.08. The fourth-order valence-electron chi connectivity index (χ4n) is 4.97. The third-order valence-corrected chi connectivity index (χ3v) is 6.69. The Bertz CT molecular complexity index is 612. The van der Waals surface area contributed by atoms with Crippen LogP contribution in [-0.4, -0.2) is 53.7 Å². The number of ketones is 1. The first-order valence-corrected chi connectivity index (χ1v) is 9.20. The van der Waals surface area contributed by atoms with Crippen molar-refractivity contribution in [3.63, 3.8) is 0 Å². The molecular weight excluding hydrogens is 340 g/mol. The predicted octanol–water partition coefficient (Wildman–Crippen LogP) is 1.79. The van der Waals surface area contributed by atoms with Gasteiger partial charge in [0.1, 0.15) is 12.4 Å². The van der Waals surface area contributed by atoms with Gasteiger partial charge >= 0.3 is 0 Å². The molecule has 0 aromatic heterocycles. The number of likely N-dealkylation sites (tertiary alicyclic amines) is 1. The van der Waals surface area contributed by atoms with Gasteiger partial charge in [0.25, 0.3) is 0 Å². The summed E-state index contributed by atoms with van der Waals surface area (Å²) in [6.45, 7) is 5.01. The third kappa shape index (κ3) is 3.27. The van der Waals surface area contributed by atoms with Gasteiger partial charge in [-0.1, -0.05) is 5.57 Å². The lowest BCUT2D eigenvalue weighted by molar-refractivity contribution is -0.124. The predicted molar refractivity (Wildman–Crippen MR) is 98.4 cm³/mol. The summed E-state index contributed by atoms with van der Waals surface area (Å²) in [5.74, 6) is 0.275. The number of fused-ring (bicyclic) bond motifs is 1. The first-order chi connectivity index (χ1) is 11.5. The van der Waals surface area contributed by atoms with E-state index in [-0.39, 0.29) is 29.6 Å². The molecule has 6 heteroatoms. The van der Waals surface area contributed by atoms with E-state index >= 15 is 0 Å². The number of hydrogen-bond donors (Lipinski definition) is 2. The van der Waals surface area contributed by atoms with Crippen LogP contribution in [0.25, 0.3) is 0 Å². The van der Waals surface area contributed by atoms with Crippen molar-refractivity contribution in [1.82, 2.24) is 4.90 Å². The molecule has 2 heterocycles. The van der Waals surface area contributed by atoms with Gasteiger partial charge in [-0.25, -0.2) is 0 Å². The van der Waals surface area contributed by atoms with Crippen molar-refractivity contribution in [3.05, 3.63) is 23.0 Å². The Kier molecular flexibility index (Phi) is 5.31. The van der Waals surface area contributed by atoms with Crippen LogP contribution in [0.1, 0.15) is 39.0 Å². The fraction of sp³-hybridized carbons (Fsp3) is 0.737. The molecule has 3 N–H and O–H groups in total. The summed E-state index contributed by atoms with van der Waals surface area (Å²) in [5, 5.41) is 10.8. The molecule has 0 radical (unpaired) electrons. The zero-order chi connectivity index (χ0) is 16.9. The number of β-amino-alcohol motifs (C(OH)–C–C–N with tert-alkyl or cyclic N) is 1. The van der Waals surface area contributed by atoms with E-state index in [2.05, 4.69) is 4.90 Å². The highest BCUT2D eigenvalue weighted by Crippen LogP contribution is 2.41. The van der Waals surface area contributed by atoms with Gasteiger partial charge in [0.2, 0.25) is 0 Å². The van der Waals surface area contributed by atoms with Gasteiger partial charge in [-0.05, 0) is 50.6 Å². The summed E-state index contributed by atoms with van der Waals surface area (Å²) >= 11 is 0. The molecule has 4 rings (SSSR count). The minimum absolute atomic E-state index is 0. The first kappa shape index (κ1) is 18.9. The third-order valence-electron chi connectivity index (χ3n) is 6.69. The molecule has 1 saturated heterocycles. The first-order valence-electron chi connectivity index (χ1n) is 9.20. The van der Waals surface area contributed by atoms with Crippen LogP contribution >= 0.6 is 12.4 Å². The Balaban J connectivity index is 0.00000182. The number of aliphatic hydroxyl groups is 1. The SMILES string of the molecule is CC1=C2COC=C2CC(=O)C1[C@@H](O)CN1CCC(C2(N)CCC2)C1.Cl. The van der Waals surface area contributed by atoms with Gasteiger partial charge in [0, 0.05) is 30.6 Å². The smallest absolute Gasteiger partial charge is 0.147 e. The van der Waals surface area contributed by atoms with E-state index < -0.39 is 6.10 Å². The molecule has 2 aliphatic carbocycles. The van der Waals surface area contributed by atoms with Crippen LogP contribution in [0.3, 0.4) is 0 Å². The van der Waals surface area contributed by atoms with Crippen molar-refractivity contribution in [2.75, 3.05) is 26.2 Å². The summed E-state index contributed by atoms with van der Waals surface area (Å²) in [5.41, 5.74) is 9.61. The Labute approximate surface area is 155 Å². The van der Waals surface area contributed by atoms with Gasteiger partial charge in [0.15, 0.2) is 0 Å². The molecule has 0 bridgehead atoms. The van der Waals surface area contributed by atoms with E-state index in [1.54, 1.807) is 6.26 Å². The molecule has 2 fully saturated rings. The summed E-state index contributed by atoms with van der Waals surface area (Å²) in [6, 6.07) is 0. The lowest BCUT2D eigenvalue weighted by atomic mass is 9.68. The lowest BCUT2D eigenvalue weighted by Crippen LogP contribution is -2.53. The second-order valence-corrected chi connectivity index (χ2v) is 8.14. The maximum Gasteiger partial charge on any atom is 0.147 e. The van der Waals surface area contributed by atoms with E-state index in [0.717, 1.165) is 49.1 Å². The molecule has 5 nitrogen and oxygen atoms in total. The summed E-state index contributed by atoms with van der Waals surface area (Å²) < 4.78 is 5.36. The summed E-state index contributed by atoms with van der Waals surface area (Å²) in [7, 11) is 0. The second-order valence-electron chi connectivity index (χ2n) is 8.14. The fourth-order valence-corrected chi connectivity index (χ4v) is 4.97. The van der Waals surface area contributed by atoms with E-state index in [1.807, 2.05) is 6.92 Å². The molecule has 2 unspecified atom stereocenters. The summed E-state index contributed by atoms with van der Waals surface area (Å²) in [4.78, 5) is 14.8. The Morgan fingerprint density at radius 2 is 2.24 bits per heavy atom. The molecule has 25 heavy (non-hydrogen) atoms. The molecule has 0 spiro atoms. The number of halogens is 1. The van der Waals surface area contributed by atoms with E-state index in [4.69, 9.17) is 10.5 Å². The van der Waals surface area contributed by atoms with Crippen molar-refractivity contribution in [2.24, 2.45) is 17.6 Å². The molecule has 140 valence electrons. The normalized spacial score (nSPS) is 32.4. The van der Waals surface area contributed by atoms with Crippen LogP contribution in [0.15, 0.2) is 23.0 Å². The van der Waals surface area contributed by atoms with E-state index in [0.29, 0.717) is 25.5 Å². The number of nitrogens with zero attached hydrogens (tertiary/aromatic N) is 1. The second kappa shape index (κ2) is 7.03. The number of carbonyl (C=O) groups is 1. The number of Topliss-reactive ketones (excluding diaryl/α,β-unsaturated/α-hetero) is 1. The molecule has 2 aliphatic heterocycles. The molecule has 4 aliphatic rings. The monoisotopic (exact) mass is 368 g/mol. The van der Waals surface area contributed by atoms with Crippen molar-refractivity contribution in [1.29, 1.82) is 0 Å². The van der Waals surface area contributed by atoms with E-state index in [9.17, 15) is 9.90 Å². The van der Waals surface area contributed by atoms with Crippen LogP contribution in [0.2, 0.25) is 0 Å². The lowest BCUT2D eigenvalue weighted by Gasteiger charge is -2.43. The number of aliphatic hydroxyl groups excluding tert-OH is 1. The van der Waals surface area contributed by atoms with Crippen LogP contribution < -0.4 is 5.73 Å². The number of hydrogen-bond acceptors (Lipinski definition) is 5. The molecular formula is C19H29ClN2O3. The van der Waals surface area contributed by atoms with Crippen LogP contribution in [0.4, 0.5) is 0 Å². The average Bonchev–Trinajstić information content (AvgIpc) is 3.14. The topological polar surface area (TPSA) is 75.8 Å². The molecule has 1 saturated carbocycles. The van der Waals surface area contributed by atoms with E-state index in [1.165, 1.54) is 6.42 Å². The van der Waals surface area contributed by atoms with Crippen molar-refractivity contribution < 1.29 is 14.6 Å². The Hall–Kier alpha value is -0.880. The minimum atomic E-state index is -0.638. The van der Waals surface area contributed by atoms with Gasteiger partial charge in [-0.15, -0.1) is 12.4 Å². The molecule has 0 amide bonds. The Morgan fingerprint density at radius 3 is 2.92 bits per heavy atom. The number of nitrogens with two attached hydrogens (primary N) is 1. The van der Waals surface area contributed by atoms with Crippen molar-refractivity contribution in [3.8, 4) is 0 Å². The Morgan fingerprint density at radius 1 is 1.48 bits per heavy atom. The van der Waals surface area contributed by atoms with Gasteiger partial charge in [0.05, 0.1) is 18.3 Å². The average molecular weight is 369 g/mol. The maximum atomic E-state index is 12.5. The standard InChI is InChI=1S/C19H28N2O3.ClH/c1-12-15-11-24-10-13(15)7-16(22)18(12)17(23)9-21-6-3-14(8-21)19(20)4-2-5-19;/h10,14,17-18,23H,2-9,11,20H2,1H3;1H/t14?,17-,18?;/m0./s1. The van der Waals surface area contributed by atoms with Crippen LogP contribution in [-0.2, 0) is 9.53 Å². The van der Waals surface area contributed by atoms with Gasteiger partial charge in [-0.3, -0.25) is 4.79 Å². The maximum absolute atomic E-state index is 12.5. The van der Waals surface area contributed by atoms with Crippen LogP contribution in [0.5, 0.6) is 0 Å². The number of rotatable bonds is 4. The van der Waals surface area contributed by atoms with Crippen LogP contribution in [0, 0.1) is 11.8 Å². The minimum Gasteiger partial charge on any atom is -0.496 e. The highest BCUT2D eigenvalue weighted by molar-refractivity contribution is 5.90. The zero-order valence-corrected chi connectivity index (χ0v) is 15.7. The highest BCUT2D eigenvalue weighted by Gasteiger charge is 2.44. The van der Waals surface area contributed by atoms with Crippen molar-refractivity contribution in [2.45, 2.75) is 50.7 Å². The number of carbonyl (C=O) groups excluding carboxylic acids is 1. The highest BCUT2D eigenvalue weighted by atomic mass is 35.5. The van der Waals surface area contributed by atoms with Crippen molar-refractivity contribution >= 4 is 18.2 Å². The molecule has 3 atom stereocenters. The quantitative estimate of drug-likeness (QED) is 0.791. The van der Waals surface area contributed by atoms with Gasteiger partial charge < -0.3 is 20.5 Å². The largest absolute Gasteiger partial charge is 0.496 e. The zero-order valence-electron chi connectivity index (χ0n) is 14.9. The number of ether oxygens (including phenoxy) is 1. The molecule has 0 aromatic carbocycles. The molecule has 0 aromatic rings.